The van der Waals surface area contributed by atoms with Crippen LogP contribution in [0.5, 0.6) is 0 Å². The molecule has 0 amide bonds. The van der Waals surface area contributed by atoms with Gasteiger partial charge in [-0.3, -0.25) is 4.99 Å². The summed E-state index contributed by atoms with van der Waals surface area (Å²) >= 11 is 3.59. The number of anilines is 1. The number of para-hydroxylation sites is 1. The van der Waals surface area contributed by atoms with Crippen molar-refractivity contribution in [1.82, 2.24) is 4.90 Å². The fraction of sp³-hybridized carbons (Fsp3) is 0.562. The molecule has 5 nitrogen and oxygen atoms in total. The third kappa shape index (κ3) is 6.25. The van der Waals surface area contributed by atoms with Crippen molar-refractivity contribution in [3.05, 3.63) is 24.3 Å². The van der Waals surface area contributed by atoms with Gasteiger partial charge in [0.05, 0.1) is 25.4 Å². The Hall–Kier alpha value is -0.890. The van der Waals surface area contributed by atoms with Crippen LogP contribution in [-0.4, -0.2) is 68.0 Å². The van der Waals surface area contributed by atoms with Gasteiger partial charge in [0.25, 0.3) is 0 Å². The van der Waals surface area contributed by atoms with E-state index in [-0.39, 0.29) is 0 Å². The van der Waals surface area contributed by atoms with Crippen molar-refractivity contribution in [3.63, 3.8) is 0 Å². The molecule has 0 bridgehead atoms. The van der Waals surface area contributed by atoms with Crippen molar-refractivity contribution in [2.24, 2.45) is 10.7 Å². The maximum absolute atomic E-state index is 5.53. The predicted octanol–water partition coefficient (Wildman–Crippen LogP) is 2.20. The second kappa shape index (κ2) is 10.8. The zero-order chi connectivity index (χ0) is 16.3. The Bertz CT molecular complexity index is 493. The maximum atomic E-state index is 5.53. The van der Waals surface area contributed by atoms with Crippen LogP contribution in [0.25, 0.3) is 0 Å². The average molecular weight is 355 g/mol. The van der Waals surface area contributed by atoms with Crippen LogP contribution in [0.3, 0.4) is 0 Å². The Labute approximate surface area is 147 Å². The molecule has 1 aliphatic rings. The number of nitrogens with one attached hydrogen (secondary N) is 1. The lowest BCUT2D eigenvalue weighted by Crippen LogP contribution is -2.44. The first-order chi connectivity index (χ1) is 11.3. The molecule has 23 heavy (non-hydrogen) atoms. The highest BCUT2D eigenvalue weighted by Gasteiger charge is 2.16. The molecule has 0 atom stereocenters. The lowest BCUT2D eigenvalue weighted by Gasteiger charge is -2.30. The summed E-state index contributed by atoms with van der Waals surface area (Å²) in [5, 5.41) is 3.52. The minimum absolute atomic E-state index is 0.726. The Balaban J connectivity index is 2.04. The molecular formula is C16H26N4OS2. The number of nitrogens with two attached hydrogens (primary N) is 1. The molecule has 0 aliphatic carbocycles. The average Bonchev–Trinajstić information content (AvgIpc) is 2.61. The Kier molecular flexibility index (Phi) is 8.67. The summed E-state index contributed by atoms with van der Waals surface area (Å²) < 4.78 is 5.46. The molecule has 1 fully saturated rings. The number of nitrogens with zero attached hydrogens (tertiary/aromatic N) is 2. The number of aliphatic imine (C=N–C) groups is 1. The second-order valence-corrected chi connectivity index (χ2v) is 7.10. The van der Waals surface area contributed by atoms with Gasteiger partial charge in [0, 0.05) is 36.0 Å². The number of ether oxygens (including phenoxy) is 1. The zero-order valence-corrected chi connectivity index (χ0v) is 15.3. The molecule has 0 saturated carbocycles. The van der Waals surface area contributed by atoms with Crippen LogP contribution in [0.4, 0.5) is 5.69 Å². The van der Waals surface area contributed by atoms with Crippen LogP contribution < -0.4 is 11.1 Å². The maximum Gasteiger partial charge on any atom is 0.198 e. The molecule has 0 spiro atoms. The molecule has 1 aromatic rings. The van der Waals surface area contributed by atoms with Crippen molar-refractivity contribution in [2.75, 3.05) is 62.5 Å². The van der Waals surface area contributed by atoms with Crippen LogP contribution >= 0.6 is 23.5 Å². The third-order valence-corrected chi connectivity index (χ3v) is 5.21. The molecule has 0 aromatic heterocycles. The van der Waals surface area contributed by atoms with Gasteiger partial charge in [0.2, 0.25) is 0 Å². The van der Waals surface area contributed by atoms with Crippen LogP contribution in [0.15, 0.2) is 34.2 Å². The first-order valence-electron chi connectivity index (χ1n) is 7.90. The number of rotatable bonds is 7. The van der Waals surface area contributed by atoms with E-state index in [1.54, 1.807) is 11.8 Å². The van der Waals surface area contributed by atoms with Gasteiger partial charge in [-0.2, -0.15) is 11.8 Å². The highest BCUT2D eigenvalue weighted by atomic mass is 32.2. The Morgan fingerprint density at radius 1 is 1.30 bits per heavy atom. The van der Waals surface area contributed by atoms with Crippen LogP contribution in [0, 0.1) is 0 Å². The smallest absolute Gasteiger partial charge is 0.198 e. The molecule has 128 valence electrons. The lowest BCUT2D eigenvalue weighted by molar-refractivity contribution is 0.0679. The topological polar surface area (TPSA) is 62.9 Å². The molecule has 7 heteroatoms. The normalized spacial score (nSPS) is 15.7. The standard InChI is InChI=1S/C16H26N4OS2/c1-22-15-5-3-2-4-14(15)19-16(18-7-13-23-12-6-17)20-8-10-21-11-9-20/h2-5H,6-13,17H2,1H3,(H,18,19). The number of guanidine groups is 1. The minimum atomic E-state index is 0.726. The summed E-state index contributed by atoms with van der Waals surface area (Å²) in [6, 6.07) is 8.34. The summed E-state index contributed by atoms with van der Waals surface area (Å²) in [4.78, 5) is 8.29. The highest BCUT2D eigenvalue weighted by Crippen LogP contribution is 2.25. The minimum Gasteiger partial charge on any atom is -0.378 e. The fourth-order valence-corrected chi connectivity index (χ4v) is 3.41. The highest BCUT2D eigenvalue weighted by molar-refractivity contribution is 7.99. The monoisotopic (exact) mass is 354 g/mol. The summed E-state index contributed by atoms with van der Waals surface area (Å²) in [6.07, 6.45) is 2.09. The Morgan fingerprint density at radius 2 is 2.09 bits per heavy atom. The van der Waals surface area contributed by atoms with E-state index >= 15 is 0 Å². The van der Waals surface area contributed by atoms with Crippen molar-refractivity contribution in [2.45, 2.75) is 4.90 Å². The van der Waals surface area contributed by atoms with Gasteiger partial charge in [0.15, 0.2) is 5.96 Å². The lowest BCUT2D eigenvalue weighted by atomic mass is 10.3. The first kappa shape index (κ1) is 18.4. The number of morpholine rings is 1. The molecule has 2 rings (SSSR count). The van der Waals surface area contributed by atoms with E-state index in [0.29, 0.717) is 0 Å². The van der Waals surface area contributed by atoms with E-state index in [2.05, 4.69) is 40.7 Å². The molecule has 3 N–H and O–H groups in total. The Morgan fingerprint density at radius 3 is 2.83 bits per heavy atom. The van der Waals surface area contributed by atoms with Crippen LogP contribution in [0.1, 0.15) is 0 Å². The van der Waals surface area contributed by atoms with Gasteiger partial charge >= 0.3 is 0 Å². The summed E-state index contributed by atoms with van der Waals surface area (Å²) in [6.45, 7) is 4.79. The molecular weight excluding hydrogens is 328 g/mol. The largest absolute Gasteiger partial charge is 0.378 e. The number of benzene rings is 1. The first-order valence-corrected chi connectivity index (χ1v) is 10.3. The molecule has 1 aliphatic heterocycles. The van der Waals surface area contributed by atoms with E-state index in [1.165, 1.54) is 4.90 Å². The van der Waals surface area contributed by atoms with E-state index in [1.807, 2.05) is 11.8 Å². The van der Waals surface area contributed by atoms with Gasteiger partial charge in [-0.1, -0.05) is 12.1 Å². The number of thioether (sulfide) groups is 2. The predicted molar refractivity (Wildman–Crippen MR) is 103 cm³/mol. The number of hydrogen-bond acceptors (Lipinski definition) is 5. The quantitative estimate of drug-likeness (QED) is 0.339. The summed E-state index contributed by atoms with van der Waals surface area (Å²) in [5.74, 6) is 2.94. The van der Waals surface area contributed by atoms with Crippen molar-refractivity contribution < 1.29 is 4.74 Å². The molecule has 0 unspecified atom stereocenters. The van der Waals surface area contributed by atoms with Gasteiger partial charge in [-0.15, -0.1) is 11.8 Å². The van der Waals surface area contributed by atoms with Gasteiger partial charge in [0.1, 0.15) is 0 Å². The summed E-state index contributed by atoms with van der Waals surface area (Å²) in [7, 11) is 0. The second-order valence-electron chi connectivity index (χ2n) is 5.03. The van der Waals surface area contributed by atoms with Gasteiger partial charge < -0.3 is 20.7 Å². The summed E-state index contributed by atoms with van der Waals surface area (Å²) in [5.41, 5.74) is 6.64. The third-order valence-electron chi connectivity index (χ3n) is 3.42. The van der Waals surface area contributed by atoms with Crippen LogP contribution in [-0.2, 0) is 4.74 Å². The van der Waals surface area contributed by atoms with E-state index in [4.69, 9.17) is 15.5 Å². The van der Waals surface area contributed by atoms with Crippen molar-refractivity contribution in [1.29, 1.82) is 0 Å². The van der Waals surface area contributed by atoms with Crippen LogP contribution in [0.2, 0.25) is 0 Å². The van der Waals surface area contributed by atoms with Gasteiger partial charge in [-0.05, 0) is 18.4 Å². The zero-order valence-electron chi connectivity index (χ0n) is 13.7. The molecule has 0 radical (unpaired) electrons. The van der Waals surface area contributed by atoms with Gasteiger partial charge in [-0.25, -0.2) is 0 Å². The van der Waals surface area contributed by atoms with Crippen molar-refractivity contribution >= 4 is 35.2 Å². The number of hydrogen-bond donors (Lipinski definition) is 2. The molecule has 1 saturated heterocycles. The molecule has 1 aromatic carbocycles. The molecule has 1 heterocycles. The fourth-order valence-electron chi connectivity index (χ4n) is 2.26. The van der Waals surface area contributed by atoms with E-state index in [0.717, 1.165) is 62.5 Å². The van der Waals surface area contributed by atoms with E-state index in [9.17, 15) is 0 Å². The van der Waals surface area contributed by atoms with Crippen molar-refractivity contribution in [3.8, 4) is 0 Å². The van der Waals surface area contributed by atoms with E-state index < -0.39 is 0 Å². The SMILES string of the molecule is CSc1ccccc1NC(=NCCSCCN)N1CCOCC1.